The molecule has 0 radical (unpaired) electrons. The van der Waals surface area contributed by atoms with Gasteiger partial charge in [0.05, 0.1) is 5.41 Å². The van der Waals surface area contributed by atoms with Crippen molar-refractivity contribution in [1.82, 2.24) is 10.6 Å². The molecule has 1 aliphatic carbocycles. The molecule has 0 aromatic heterocycles. The molecule has 0 unspecified atom stereocenters. The normalized spacial score (nSPS) is 17.1. The van der Waals surface area contributed by atoms with Crippen molar-refractivity contribution in [2.75, 3.05) is 26.4 Å². The Labute approximate surface area is 205 Å². The molecule has 2 aromatic rings. The van der Waals surface area contributed by atoms with E-state index < -0.39 is 23.5 Å². The molecule has 1 saturated heterocycles. The highest BCUT2D eigenvalue weighted by Gasteiger charge is 2.40. The third kappa shape index (κ3) is 5.48. The van der Waals surface area contributed by atoms with E-state index in [0.717, 1.165) is 22.3 Å². The molecule has 186 valence electrons. The molecular weight excluding hydrogens is 448 g/mol. The number of aliphatic carboxylic acids is 1. The SMILES string of the molecule is CC[C@@H](CC(=O)NCC1(C(=O)O)CCOCC1)NC(=O)OCC1c2ccccc2-c2ccccc21. The number of benzene rings is 2. The first-order valence-corrected chi connectivity index (χ1v) is 12.1. The summed E-state index contributed by atoms with van der Waals surface area (Å²) in [6.07, 6.45) is 0.732. The van der Waals surface area contributed by atoms with E-state index in [0.29, 0.717) is 32.5 Å². The zero-order chi connectivity index (χ0) is 24.8. The van der Waals surface area contributed by atoms with E-state index in [1.807, 2.05) is 31.2 Å². The second-order valence-electron chi connectivity index (χ2n) is 9.25. The maximum atomic E-state index is 12.6. The molecule has 35 heavy (non-hydrogen) atoms. The summed E-state index contributed by atoms with van der Waals surface area (Å²) in [6.45, 7) is 2.85. The largest absolute Gasteiger partial charge is 0.481 e. The smallest absolute Gasteiger partial charge is 0.407 e. The number of hydrogen-bond donors (Lipinski definition) is 3. The monoisotopic (exact) mass is 480 g/mol. The van der Waals surface area contributed by atoms with Crippen molar-refractivity contribution < 1.29 is 29.0 Å². The van der Waals surface area contributed by atoms with E-state index in [4.69, 9.17) is 9.47 Å². The van der Waals surface area contributed by atoms with Crippen molar-refractivity contribution in [3.8, 4) is 11.1 Å². The van der Waals surface area contributed by atoms with Crippen LogP contribution in [0.25, 0.3) is 11.1 Å². The standard InChI is InChI=1S/C27H32N2O6/c1-2-18(15-24(30)28-17-27(25(31)32)11-13-34-14-12-27)29-26(33)35-16-23-21-9-5-3-7-19(21)20-8-4-6-10-22(20)23/h3-10,18,23H,2,11-17H2,1H3,(H,28,30)(H,29,33)(H,31,32)/t18-/m0/s1. The number of alkyl carbamates (subject to hydrolysis) is 1. The molecule has 0 spiro atoms. The number of hydrogen-bond acceptors (Lipinski definition) is 5. The minimum atomic E-state index is -1.00. The Morgan fingerprint density at radius 2 is 1.66 bits per heavy atom. The van der Waals surface area contributed by atoms with Crippen LogP contribution in [0.5, 0.6) is 0 Å². The zero-order valence-corrected chi connectivity index (χ0v) is 19.9. The topological polar surface area (TPSA) is 114 Å². The molecule has 1 heterocycles. The lowest BCUT2D eigenvalue weighted by Gasteiger charge is -2.33. The van der Waals surface area contributed by atoms with Gasteiger partial charge in [-0.15, -0.1) is 0 Å². The lowest BCUT2D eigenvalue weighted by Crippen LogP contribution is -2.47. The number of carboxylic acids is 1. The van der Waals surface area contributed by atoms with Gasteiger partial charge in [0.15, 0.2) is 0 Å². The highest BCUT2D eigenvalue weighted by molar-refractivity contribution is 5.81. The van der Waals surface area contributed by atoms with Crippen molar-refractivity contribution in [3.05, 3.63) is 59.7 Å². The summed E-state index contributed by atoms with van der Waals surface area (Å²) in [5.74, 6) is -1.27. The molecule has 1 aliphatic heterocycles. The number of nitrogens with one attached hydrogen (secondary N) is 2. The fourth-order valence-electron chi connectivity index (χ4n) is 4.90. The Hall–Kier alpha value is -3.39. The molecule has 2 aliphatic rings. The van der Waals surface area contributed by atoms with Crippen LogP contribution >= 0.6 is 0 Å². The molecular formula is C27H32N2O6. The number of fused-ring (bicyclic) bond motifs is 3. The molecule has 4 rings (SSSR count). The third-order valence-electron chi connectivity index (χ3n) is 7.12. The van der Waals surface area contributed by atoms with E-state index in [2.05, 4.69) is 34.9 Å². The van der Waals surface area contributed by atoms with E-state index in [-0.39, 0.29) is 31.4 Å². The lowest BCUT2D eigenvalue weighted by molar-refractivity contribution is -0.154. The van der Waals surface area contributed by atoms with Gasteiger partial charge >= 0.3 is 12.1 Å². The van der Waals surface area contributed by atoms with Crippen molar-refractivity contribution in [1.29, 1.82) is 0 Å². The van der Waals surface area contributed by atoms with Crippen molar-refractivity contribution in [2.45, 2.75) is 44.6 Å². The molecule has 2 amide bonds. The fourth-order valence-corrected chi connectivity index (χ4v) is 4.90. The zero-order valence-electron chi connectivity index (χ0n) is 19.9. The first-order chi connectivity index (χ1) is 16.9. The number of ether oxygens (including phenoxy) is 2. The van der Waals surface area contributed by atoms with E-state index >= 15 is 0 Å². The van der Waals surface area contributed by atoms with Gasteiger partial charge in [-0.1, -0.05) is 55.5 Å². The third-order valence-corrected chi connectivity index (χ3v) is 7.12. The molecule has 1 atom stereocenters. The van der Waals surface area contributed by atoms with Gasteiger partial charge in [-0.2, -0.15) is 0 Å². The van der Waals surface area contributed by atoms with E-state index in [1.165, 1.54) is 0 Å². The second-order valence-corrected chi connectivity index (χ2v) is 9.25. The molecule has 2 aromatic carbocycles. The van der Waals surface area contributed by atoms with Crippen LogP contribution in [0.1, 0.15) is 49.7 Å². The van der Waals surface area contributed by atoms with E-state index in [1.54, 1.807) is 0 Å². The second kappa shape index (κ2) is 10.9. The van der Waals surface area contributed by atoms with Gasteiger partial charge in [-0.25, -0.2) is 4.79 Å². The van der Waals surface area contributed by atoms with Crippen molar-refractivity contribution in [2.24, 2.45) is 5.41 Å². The summed E-state index contributed by atoms with van der Waals surface area (Å²) in [5, 5.41) is 15.2. The molecule has 8 heteroatoms. The average Bonchev–Trinajstić information content (AvgIpc) is 3.20. The van der Waals surface area contributed by atoms with Crippen LogP contribution in [0.15, 0.2) is 48.5 Å². The quantitative estimate of drug-likeness (QED) is 0.504. The van der Waals surface area contributed by atoms with Gasteiger partial charge in [0.2, 0.25) is 5.91 Å². The minimum Gasteiger partial charge on any atom is -0.481 e. The van der Waals surface area contributed by atoms with Gasteiger partial charge in [-0.05, 0) is 41.5 Å². The van der Waals surface area contributed by atoms with Gasteiger partial charge in [0.25, 0.3) is 0 Å². The summed E-state index contributed by atoms with van der Waals surface area (Å²) in [7, 11) is 0. The number of carbonyl (C=O) groups excluding carboxylic acids is 2. The molecule has 1 fully saturated rings. The lowest BCUT2D eigenvalue weighted by atomic mass is 9.80. The maximum Gasteiger partial charge on any atom is 0.407 e. The summed E-state index contributed by atoms with van der Waals surface area (Å²) in [5.41, 5.74) is 3.57. The first kappa shape index (κ1) is 24.7. The first-order valence-electron chi connectivity index (χ1n) is 12.1. The predicted molar refractivity (Wildman–Crippen MR) is 130 cm³/mol. The molecule has 0 saturated carbocycles. The highest BCUT2D eigenvalue weighted by atomic mass is 16.5. The Balaban J connectivity index is 1.29. The van der Waals surface area contributed by atoms with Crippen LogP contribution in [0.2, 0.25) is 0 Å². The number of carboxylic acid groups (broad SMARTS) is 1. The molecule has 3 N–H and O–H groups in total. The summed E-state index contributed by atoms with van der Waals surface area (Å²) in [4.78, 5) is 36.8. The number of rotatable bonds is 9. The van der Waals surface area contributed by atoms with Crippen molar-refractivity contribution >= 4 is 18.0 Å². The fraction of sp³-hybridized carbons (Fsp3) is 0.444. The van der Waals surface area contributed by atoms with Crippen LogP contribution in [-0.4, -0.2) is 55.5 Å². The molecule has 8 nitrogen and oxygen atoms in total. The minimum absolute atomic E-state index is 0.0387. The van der Waals surface area contributed by atoms with Gasteiger partial charge < -0.3 is 25.2 Å². The van der Waals surface area contributed by atoms with Crippen LogP contribution < -0.4 is 10.6 Å². The Bertz CT molecular complexity index is 1030. The predicted octanol–water partition coefficient (Wildman–Crippen LogP) is 3.69. The maximum absolute atomic E-state index is 12.6. The van der Waals surface area contributed by atoms with Crippen LogP contribution in [-0.2, 0) is 19.1 Å². The summed E-state index contributed by atoms with van der Waals surface area (Å²) in [6, 6.07) is 15.8. The van der Waals surface area contributed by atoms with E-state index in [9.17, 15) is 19.5 Å². The number of carbonyl (C=O) groups is 3. The Kier molecular flexibility index (Phi) is 7.70. The summed E-state index contributed by atoms with van der Waals surface area (Å²) < 4.78 is 10.9. The van der Waals surface area contributed by atoms with Gasteiger partial charge in [0.1, 0.15) is 6.61 Å². The highest BCUT2D eigenvalue weighted by Crippen LogP contribution is 2.44. The van der Waals surface area contributed by atoms with Crippen molar-refractivity contribution in [3.63, 3.8) is 0 Å². The summed E-state index contributed by atoms with van der Waals surface area (Å²) >= 11 is 0. The molecule has 0 bridgehead atoms. The Morgan fingerprint density at radius 1 is 1.06 bits per heavy atom. The average molecular weight is 481 g/mol. The van der Waals surface area contributed by atoms with Crippen LogP contribution in [0, 0.1) is 5.41 Å². The van der Waals surface area contributed by atoms with Crippen LogP contribution in [0.3, 0.4) is 0 Å². The van der Waals surface area contributed by atoms with Gasteiger partial charge in [0, 0.05) is 38.1 Å². The number of amides is 2. The van der Waals surface area contributed by atoms with Gasteiger partial charge in [-0.3, -0.25) is 9.59 Å². The van der Waals surface area contributed by atoms with Crippen LogP contribution in [0.4, 0.5) is 4.79 Å². The Morgan fingerprint density at radius 3 is 2.23 bits per heavy atom.